The Morgan fingerprint density at radius 1 is 0.677 bits per heavy atom. The van der Waals surface area contributed by atoms with Gasteiger partial charge in [0.2, 0.25) is 0 Å². The smallest absolute Gasteiger partial charge is 0.0685 e. The number of rotatable bonds is 8. The SMILES string of the molecule is Cc1nn(-c2ccccc2)cc1C=NCCCN=Cc1cn(-c2ccccc2)nc1C. The first kappa shape index (κ1) is 20.5. The van der Waals surface area contributed by atoms with Gasteiger partial charge in [0.1, 0.15) is 0 Å². The molecular weight excluding hydrogens is 384 g/mol. The highest BCUT2D eigenvalue weighted by Crippen LogP contribution is 2.11. The van der Waals surface area contributed by atoms with Crippen LogP contribution in [0.25, 0.3) is 11.4 Å². The molecule has 0 aliphatic heterocycles. The Balaban J connectivity index is 1.27. The van der Waals surface area contributed by atoms with Gasteiger partial charge in [0.25, 0.3) is 0 Å². The summed E-state index contributed by atoms with van der Waals surface area (Å²) in [6.07, 6.45) is 8.72. The van der Waals surface area contributed by atoms with Gasteiger partial charge in [-0.1, -0.05) is 36.4 Å². The molecule has 0 atom stereocenters. The number of hydrogen-bond acceptors (Lipinski definition) is 4. The van der Waals surface area contributed by atoms with Crippen molar-refractivity contribution in [3.05, 3.63) is 95.6 Å². The maximum absolute atomic E-state index is 4.57. The van der Waals surface area contributed by atoms with E-state index >= 15 is 0 Å². The normalized spacial score (nSPS) is 11.7. The summed E-state index contributed by atoms with van der Waals surface area (Å²) in [4.78, 5) is 9.09. The third kappa shape index (κ3) is 5.22. The molecule has 0 N–H and O–H groups in total. The van der Waals surface area contributed by atoms with Crippen LogP contribution in [0.2, 0.25) is 0 Å². The van der Waals surface area contributed by atoms with E-state index in [9.17, 15) is 0 Å². The van der Waals surface area contributed by atoms with Crippen molar-refractivity contribution in [2.45, 2.75) is 20.3 Å². The lowest BCUT2D eigenvalue weighted by molar-refractivity contribution is 0.850. The molecule has 0 saturated carbocycles. The van der Waals surface area contributed by atoms with E-state index in [2.05, 4.69) is 20.2 Å². The zero-order valence-electron chi connectivity index (χ0n) is 17.9. The Morgan fingerprint density at radius 3 is 1.52 bits per heavy atom. The standard InChI is InChI=1S/C25H26N6/c1-20-22(18-30(28-20)24-10-5-3-6-11-24)16-26-14-9-15-27-17-23-19-31(29-21(23)2)25-12-7-4-8-13-25/h3-8,10-13,16-19H,9,14-15H2,1-2H3. The molecule has 156 valence electrons. The molecule has 0 saturated heterocycles. The fourth-order valence-corrected chi connectivity index (χ4v) is 3.21. The van der Waals surface area contributed by atoms with Crippen molar-refractivity contribution in [1.29, 1.82) is 0 Å². The summed E-state index contributed by atoms with van der Waals surface area (Å²) in [5.41, 5.74) is 6.11. The number of hydrogen-bond donors (Lipinski definition) is 0. The van der Waals surface area contributed by atoms with Gasteiger partial charge in [-0.15, -0.1) is 0 Å². The molecule has 31 heavy (non-hydrogen) atoms. The molecule has 4 aromatic rings. The molecule has 0 aliphatic rings. The quantitative estimate of drug-likeness (QED) is 0.315. The zero-order valence-corrected chi connectivity index (χ0v) is 17.9. The van der Waals surface area contributed by atoms with Gasteiger partial charge in [0, 0.05) is 49.0 Å². The molecule has 2 aromatic heterocycles. The van der Waals surface area contributed by atoms with Gasteiger partial charge in [0.05, 0.1) is 22.8 Å². The van der Waals surface area contributed by atoms with E-state index in [1.165, 1.54) is 0 Å². The molecule has 0 spiro atoms. The summed E-state index contributed by atoms with van der Waals surface area (Å²) in [5, 5.41) is 9.14. The van der Waals surface area contributed by atoms with E-state index in [0.29, 0.717) is 0 Å². The van der Waals surface area contributed by atoms with Crippen LogP contribution in [0.5, 0.6) is 0 Å². The van der Waals surface area contributed by atoms with Crippen molar-refractivity contribution in [1.82, 2.24) is 19.6 Å². The van der Waals surface area contributed by atoms with E-state index in [-0.39, 0.29) is 0 Å². The summed E-state index contributed by atoms with van der Waals surface area (Å²) < 4.78 is 3.78. The molecule has 2 aromatic carbocycles. The Hall–Kier alpha value is -3.80. The van der Waals surface area contributed by atoms with Crippen molar-refractivity contribution in [3.63, 3.8) is 0 Å². The lowest BCUT2D eigenvalue weighted by Gasteiger charge is -1.98. The minimum atomic E-state index is 0.732. The third-order valence-corrected chi connectivity index (χ3v) is 4.95. The van der Waals surface area contributed by atoms with Crippen LogP contribution >= 0.6 is 0 Å². The first-order valence-corrected chi connectivity index (χ1v) is 10.4. The van der Waals surface area contributed by atoms with Gasteiger partial charge in [0.15, 0.2) is 0 Å². The van der Waals surface area contributed by atoms with Crippen LogP contribution in [0, 0.1) is 13.8 Å². The average Bonchev–Trinajstić information content (AvgIpc) is 3.36. The molecule has 2 heterocycles. The molecule has 0 unspecified atom stereocenters. The number of aliphatic imine (C=N–C) groups is 2. The van der Waals surface area contributed by atoms with Crippen LogP contribution in [0.15, 0.2) is 83.0 Å². The van der Waals surface area contributed by atoms with E-state index < -0.39 is 0 Å². The topological polar surface area (TPSA) is 60.4 Å². The number of para-hydroxylation sites is 2. The van der Waals surface area contributed by atoms with Crippen LogP contribution in [0.4, 0.5) is 0 Å². The Labute approximate surface area is 182 Å². The molecule has 0 aliphatic carbocycles. The van der Waals surface area contributed by atoms with Gasteiger partial charge in [-0.3, -0.25) is 9.98 Å². The molecular formula is C25H26N6. The van der Waals surface area contributed by atoms with Crippen LogP contribution in [-0.4, -0.2) is 45.1 Å². The highest BCUT2D eigenvalue weighted by Gasteiger charge is 2.05. The number of aromatic nitrogens is 4. The minimum absolute atomic E-state index is 0.732. The summed E-state index contributed by atoms with van der Waals surface area (Å²) in [7, 11) is 0. The maximum Gasteiger partial charge on any atom is 0.0685 e. The minimum Gasteiger partial charge on any atom is -0.292 e. The largest absolute Gasteiger partial charge is 0.292 e. The second-order valence-corrected chi connectivity index (χ2v) is 7.32. The summed E-state index contributed by atoms with van der Waals surface area (Å²) in [5.74, 6) is 0. The average molecular weight is 411 g/mol. The maximum atomic E-state index is 4.57. The molecule has 6 heteroatoms. The highest BCUT2D eigenvalue weighted by molar-refractivity contribution is 5.81. The number of nitrogens with zero attached hydrogens (tertiary/aromatic N) is 6. The van der Waals surface area contributed by atoms with Crippen molar-refractivity contribution >= 4 is 12.4 Å². The molecule has 6 nitrogen and oxygen atoms in total. The van der Waals surface area contributed by atoms with Gasteiger partial charge >= 0.3 is 0 Å². The van der Waals surface area contributed by atoms with E-state index in [4.69, 9.17) is 0 Å². The van der Waals surface area contributed by atoms with E-state index in [1.807, 2.05) is 109 Å². The second kappa shape index (κ2) is 9.80. The molecule has 0 fully saturated rings. The van der Waals surface area contributed by atoms with Gasteiger partial charge in [-0.25, -0.2) is 9.36 Å². The molecule has 0 amide bonds. The zero-order chi connectivity index (χ0) is 21.5. The second-order valence-electron chi connectivity index (χ2n) is 7.32. The highest BCUT2D eigenvalue weighted by atomic mass is 15.3. The lowest BCUT2D eigenvalue weighted by Crippen LogP contribution is -1.93. The van der Waals surface area contributed by atoms with Gasteiger partial charge in [-0.2, -0.15) is 10.2 Å². The third-order valence-electron chi connectivity index (χ3n) is 4.95. The molecule has 0 bridgehead atoms. The van der Waals surface area contributed by atoms with Gasteiger partial charge < -0.3 is 0 Å². The number of aryl methyl sites for hydroxylation is 2. The number of benzene rings is 2. The van der Waals surface area contributed by atoms with Crippen LogP contribution in [-0.2, 0) is 0 Å². The Morgan fingerprint density at radius 2 is 1.10 bits per heavy atom. The van der Waals surface area contributed by atoms with Crippen molar-refractivity contribution in [2.24, 2.45) is 9.98 Å². The summed E-state index contributed by atoms with van der Waals surface area (Å²) in [6.45, 7) is 5.47. The van der Waals surface area contributed by atoms with Crippen LogP contribution in [0.1, 0.15) is 28.9 Å². The van der Waals surface area contributed by atoms with Crippen LogP contribution < -0.4 is 0 Å². The first-order valence-electron chi connectivity index (χ1n) is 10.4. The van der Waals surface area contributed by atoms with E-state index in [1.54, 1.807) is 0 Å². The molecule has 0 radical (unpaired) electrons. The van der Waals surface area contributed by atoms with Crippen LogP contribution in [0.3, 0.4) is 0 Å². The Kier molecular flexibility index (Phi) is 6.47. The molecule has 4 rings (SSSR count). The van der Waals surface area contributed by atoms with Crippen molar-refractivity contribution < 1.29 is 0 Å². The predicted octanol–water partition coefficient (Wildman–Crippen LogP) is 4.60. The predicted molar refractivity (Wildman–Crippen MR) is 126 cm³/mol. The monoisotopic (exact) mass is 410 g/mol. The van der Waals surface area contributed by atoms with E-state index in [0.717, 1.165) is 53.4 Å². The first-order chi connectivity index (χ1) is 15.2. The van der Waals surface area contributed by atoms with Crippen molar-refractivity contribution in [2.75, 3.05) is 13.1 Å². The van der Waals surface area contributed by atoms with Crippen molar-refractivity contribution in [3.8, 4) is 11.4 Å². The fourth-order valence-electron chi connectivity index (χ4n) is 3.21. The van der Waals surface area contributed by atoms with Gasteiger partial charge in [-0.05, 0) is 44.5 Å². The summed E-state index contributed by atoms with van der Waals surface area (Å²) >= 11 is 0. The summed E-state index contributed by atoms with van der Waals surface area (Å²) in [6, 6.07) is 20.2. The lowest BCUT2D eigenvalue weighted by atomic mass is 10.3. The fraction of sp³-hybridized carbons (Fsp3) is 0.200. The Bertz CT molecular complexity index is 1080.